The standard InChI is InChI=1S/C19H19ClN4O/c1-2-24-18(14-6-5-7-15(20)12-14)13-17(23-24)19(25)22-11-9-16-8-3-4-10-21-16/h3-8,10,12-13H,2,9,11H2,1H3,(H,22,25). The fourth-order valence-corrected chi connectivity index (χ4v) is 2.78. The van der Waals surface area contributed by atoms with Gasteiger partial charge in [-0.3, -0.25) is 14.5 Å². The summed E-state index contributed by atoms with van der Waals surface area (Å²) >= 11 is 6.07. The number of rotatable bonds is 6. The first-order chi connectivity index (χ1) is 12.2. The van der Waals surface area contributed by atoms with Crippen LogP contribution in [0.15, 0.2) is 54.7 Å². The van der Waals surface area contributed by atoms with E-state index in [2.05, 4.69) is 15.4 Å². The van der Waals surface area contributed by atoms with Gasteiger partial charge in [-0.05, 0) is 37.3 Å². The lowest BCUT2D eigenvalue weighted by molar-refractivity contribution is 0.0948. The van der Waals surface area contributed by atoms with Gasteiger partial charge in [0, 0.05) is 42.0 Å². The summed E-state index contributed by atoms with van der Waals surface area (Å²) in [4.78, 5) is 16.6. The Bertz CT molecular complexity index is 861. The van der Waals surface area contributed by atoms with E-state index in [4.69, 9.17) is 11.6 Å². The topological polar surface area (TPSA) is 59.8 Å². The molecular formula is C19H19ClN4O. The maximum absolute atomic E-state index is 12.4. The van der Waals surface area contributed by atoms with Crippen LogP contribution in [0, 0.1) is 0 Å². The Balaban J connectivity index is 1.71. The predicted octanol–water partition coefficient (Wildman–Crippen LogP) is 3.59. The van der Waals surface area contributed by atoms with Crippen molar-refractivity contribution in [3.8, 4) is 11.3 Å². The third-order valence-electron chi connectivity index (χ3n) is 3.83. The highest BCUT2D eigenvalue weighted by Gasteiger charge is 2.15. The molecule has 1 N–H and O–H groups in total. The van der Waals surface area contributed by atoms with Crippen LogP contribution in [0.25, 0.3) is 11.3 Å². The van der Waals surface area contributed by atoms with Crippen molar-refractivity contribution in [1.82, 2.24) is 20.1 Å². The van der Waals surface area contributed by atoms with Crippen LogP contribution in [-0.2, 0) is 13.0 Å². The van der Waals surface area contributed by atoms with E-state index in [0.717, 1.165) is 17.0 Å². The molecule has 0 bridgehead atoms. The van der Waals surface area contributed by atoms with Crippen LogP contribution in [0.4, 0.5) is 0 Å². The molecule has 3 aromatic rings. The Morgan fingerprint density at radius 2 is 2.08 bits per heavy atom. The van der Waals surface area contributed by atoms with Gasteiger partial charge in [0.05, 0.1) is 5.69 Å². The molecule has 0 aliphatic carbocycles. The number of carbonyl (C=O) groups is 1. The summed E-state index contributed by atoms with van der Waals surface area (Å²) < 4.78 is 1.80. The van der Waals surface area contributed by atoms with Gasteiger partial charge in [0.25, 0.3) is 5.91 Å². The van der Waals surface area contributed by atoms with Gasteiger partial charge in [-0.1, -0.05) is 29.8 Å². The van der Waals surface area contributed by atoms with E-state index in [1.54, 1.807) is 16.9 Å². The van der Waals surface area contributed by atoms with E-state index in [-0.39, 0.29) is 5.91 Å². The first-order valence-corrected chi connectivity index (χ1v) is 8.57. The summed E-state index contributed by atoms with van der Waals surface area (Å²) in [6.45, 7) is 3.17. The molecule has 6 heteroatoms. The minimum Gasteiger partial charge on any atom is -0.350 e. The van der Waals surface area contributed by atoms with Crippen molar-refractivity contribution in [2.75, 3.05) is 6.54 Å². The van der Waals surface area contributed by atoms with Crippen molar-refractivity contribution in [3.05, 3.63) is 71.1 Å². The van der Waals surface area contributed by atoms with E-state index in [1.807, 2.05) is 49.4 Å². The zero-order valence-corrected chi connectivity index (χ0v) is 14.7. The zero-order chi connectivity index (χ0) is 17.6. The monoisotopic (exact) mass is 354 g/mol. The second kappa shape index (κ2) is 7.94. The zero-order valence-electron chi connectivity index (χ0n) is 13.9. The lowest BCUT2D eigenvalue weighted by Gasteiger charge is -2.04. The van der Waals surface area contributed by atoms with Crippen LogP contribution in [0.1, 0.15) is 23.1 Å². The van der Waals surface area contributed by atoms with Crippen LogP contribution in [0.2, 0.25) is 5.02 Å². The number of halogens is 1. The van der Waals surface area contributed by atoms with Gasteiger partial charge >= 0.3 is 0 Å². The van der Waals surface area contributed by atoms with E-state index >= 15 is 0 Å². The molecular weight excluding hydrogens is 336 g/mol. The Morgan fingerprint density at radius 3 is 2.80 bits per heavy atom. The minimum atomic E-state index is -0.189. The highest BCUT2D eigenvalue weighted by Crippen LogP contribution is 2.23. The van der Waals surface area contributed by atoms with Crippen LogP contribution < -0.4 is 5.32 Å². The number of pyridine rings is 1. The average molecular weight is 355 g/mol. The molecule has 0 unspecified atom stereocenters. The molecule has 2 aromatic heterocycles. The number of nitrogens with zero attached hydrogens (tertiary/aromatic N) is 3. The molecule has 0 fully saturated rings. The third-order valence-corrected chi connectivity index (χ3v) is 4.06. The first-order valence-electron chi connectivity index (χ1n) is 8.19. The molecule has 0 aliphatic rings. The fourth-order valence-electron chi connectivity index (χ4n) is 2.59. The van der Waals surface area contributed by atoms with Crippen molar-refractivity contribution in [2.24, 2.45) is 0 Å². The van der Waals surface area contributed by atoms with Crippen molar-refractivity contribution in [3.63, 3.8) is 0 Å². The number of hydrogen-bond acceptors (Lipinski definition) is 3. The Labute approximate surface area is 151 Å². The Morgan fingerprint density at radius 1 is 1.20 bits per heavy atom. The quantitative estimate of drug-likeness (QED) is 0.735. The number of benzene rings is 1. The van der Waals surface area contributed by atoms with Crippen LogP contribution in [0.3, 0.4) is 0 Å². The second-order valence-electron chi connectivity index (χ2n) is 5.57. The van der Waals surface area contributed by atoms with Crippen molar-refractivity contribution in [1.29, 1.82) is 0 Å². The highest BCUT2D eigenvalue weighted by molar-refractivity contribution is 6.30. The molecule has 0 saturated heterocycles. The van der Waals surface area contributed by atoms with Gasteiger partial charge in [0.15, 0.2) is 5.69 Å². The fraction of sp³-hybridized carbons (Fsp3) is 0.211. The molecule has 1 aromatic carbocycles. The van der Waals surface area contributed by atoms with Crippen molar-refractivity contribution < 1.29 is 4.79 Å². The van der Waals surface area contributed by atoms with Gasteiger partial charge in [0.1, 0.15) is 0 Å². The van der Waals surface area contributed by atoms with Crippen LogP contribution in [-0.4, -0.2) is 27.2 Å². The van der Waals surface area contributed by atoms with Gasteiger partial charge in [-0.15, -0.1) is 0 Å². The van der Waals surface area contributed by atoms with Crippen molar-refractivity contribution >= 4 is 17.5 Å². The van der Waals surface area contributed by atoms with Gasteiger partial charge in [-0.2, -0.15) is 5.10 Å². The van der Waals surface area contributed by atoms with Crippen molar-refractivity contribution in [2.45, 2.75) is 19.9 Å². The summed E-state index contributed by atoms with van der Waals surface area (Å²) in [5.41, 5.74) is 3.16. The summed E-state index contributed by atoms with van der Waals surface area (Å²) in [6.07, 6.45) is 2.43. The lowest BCUT2D eigenvalue weighted by atomic mass is 10.1. The summed E-state index contributed by atoms with van der Waals surface area (Å²) in [6, 6.07) is 15.1. The van der Waals surface area contributed by atoms with E-state index in [1.165, 1.54) is 0 Å². The summed E-state index contributed by atoms with van der Waals surface area (Å²) in [7, 11) is 0. The number of carbonyl (C=O) groups excluding carboxylic acids is 1. The molecule has 0 aliphatic heterocycles. The van der Waals surface area contributed by atoms with Gasteiger partial charge in [0.2, 0.25) is 0 Å². The first kappa shape index (κ1) is 17.2. The molecule has 0 saturated carbocycles. The van der Waals surface area contributed by atoms with Crippen LogP contribution in [0.5, 0.6) is 0 Å². The normalized spacial score (nSPS) is 10.6. The Hall–Kier alpha value is -2.66. The number of hydrogen-bond donors (Lipinski definition) is 1. The molecule has 128 valence electrons. The maximum atomic E-state index is 12.4. The minimum absolute atomic E-state index is 0.189. The van der Waals surface area contributed by atoms with E-state index in [9.17, 15) is 4.79 Å². The van der Waals surface area contributed by atoms with Crippen LogP contribution >= 0.6 is 11.6 Å². The number of amides is 1. The lowest BCUT2D eigenvalue weighted by Crippen LogP contribution is -2.26. The molecule has 0 radical (unpaired) electrons. The smallest absolute Gasteiger partial charge is 0.271 e. The second-order valence-corrected chi connectivity index (χ2v) is 6.00. The largest absolute Gasteiger partial charge is 0.350 e. The Kier molecular flexibility index (Phi) is 5.46. The molecule has 1 amide bonds. The summed E-state index contributed by atoms with van der Waals surface area (Å²) in [5, 5.41) is 7.96. The van der Waals surface area contributed by atoms with E-state index in [0.29, 0.717) is 30.2 Å². The molecule has 0 atom stereocenters. The molecule has 2 heterocycles. The summed E-state index contributed by atoms with van der Waals surface area (Å²) in [5.74, 6) is -0.189. The number of aromatic nitrogens is 3. The van der Waals surface area contributed by atoms with E-state index < -0.39 is 0 Å². The SMILES string of the molecule is CCn1nc(C(=O)NCCc2ccccn2)cc1-c1cccc(Cl)c1. The van der Waals surface area contributed by atoms with Gasteiger partial charge < -0.3 is 5.32 Å². The number of nitrogens with one attached hydrogen (secondary N) is 1. The average Bonchev–Trinajstić information content (AvgIpc) is 3.07. The highest BCUT2D eigenvalue weighted by atomic mass is 35.5. The molecule has 25 heavy (non-hydrogen) atoms. The molecule has 3 rings (SSSR count). The third kappa shape index (κ3) is 4.25. The number of aryl methyl sites for hydroxylation is 1. The van der Waals surface area contributed by atoms with Gasteiger partial charge in [-0.25, -0.2) is 0 Å². The molecule has 0 spiro atoms. The molecule has 5 nitrogen and oxygen atoms in total. The predicted molar refractivity (Wildman–Crippen MR) is 98.6 cm³/mol. The maximum Gasteiger partial charge on any atom is 0.271 e.